The molecule has 0 radical (unpaired) electrons. The number of carbonyl (C=O) groups is 3. The zero-order valence-corrected chi connectivity index (χ0v) is 34.0. The van der Waals surface area contributed by atoms with Gasteiger partial charge in [-0.15, -0.1) is 0 Å². The lowest BCUT2D eigenvalue weighted by Gasteiger charge is -2.47. The number of hydrogen-bond donors (Lipinski definition) is 2. The number of fused-ring (bicyclic) bond motifs is 5. The summed E-state index contributed by atoms with van der Waals surface area (Å²) in [6, 6.07) is 9.43. The number of aliphatic imine (C=N–C) groups is 2. The minimum absolute atomic E-state index is 0.0355. The van der Waals surface area contributed by atoms with Crippen LogP contribution >= 0.6 is 0 Å². The third-order valence-corrected chi connectivity index (χ3v) is 11.4. The Balaban J connectivity index is 1.97. The van der Waals surface area contributed by atoms with Crippen molar-refractivity contribution in [2.45, 2.75) is 142 Å². The first-order valence-corrected chi connectivity index (χ1v) is 19.3. The molecule has 3 aliphatic rings. The Hall–Kier alpha value is -2.91. The van der Waals surface area contributed by atoms with Crippen LogP contribution in [-0.4, -0.2) is 126 Å². The molecule has 3 heterocycles. The minimum Gasteiger partial charge on any atom is -0.459 e. The molecule has 1 amide bonds. The highest BCUT2D eigenvalue weighted by Gasteiger charge is 2.53. The summed E-state index contributed by atoms with van der Waals surface area (Å²) in [5.74, 6) is -5.04. The summed E-state index contributed by atoms with van der Waals surface area (Å²) in [5, 5.41) is 24.0. The number of hydrogen-bond acceptors (Lipinski definition) is 12. The van der Waals surface area contributed by atoms with Crippen molar-refractivity contribution in [1.29, 1.82) is 0 Å². The molecule has 0 aromatic heterocycles. The van der Waals surface area contributed by atoms with E-state index in [4.69, 9.17) is 28.7 Å². The summed E-state index contributed by atoms with van der Waals surface area (Å²) in [5.41, 5.74) is -1.17. The van der Waals surface area contributed by atoms with Gasteiger partial charge in [0.15, 0.2) is 12.1 Å². The Bertz CT molecular complexity index is 1520. The monoisotopic (exact) mass is 757 g/mol. The summed E-state index contributed by atoms with van der Waals surface area (Å²) >= 11 is 0. The molecule has 13 heteroatoms. The Morgan fingerprint density at radius 2 is 1.70 bits per heavy atom. The van der Waals surface area contributed by atoms with Gasteiger partial charge in [-0.3, -0.25) is 19.4 Å². The van der Waals surface area contributed by atoms with Crippen molar-refractivity contribution in [3.05, 3.63) is 35.9 Å². The van der Waals surface area contributed by atoms with Gasteiger partial charge in [-0.25, -0.2) is 4.99 Å². The summed E-state index contributed by atoms with van der Waals surface area (Å²) < 4.78 is 32.5. The lowest BCUT2D eigenvalue weighted by Crippen LogP contribution is -2.60. The predicted molar refractivity (Wildman–Crippen MR) is 204 cm³/mol. The van der Waals surface area contributed by atoms with Gasteiger partial charge in [-0.05, 0) is 72.5 Å². The molecule has 0 saturated carbocycles. The zero-order valence-electron chi connectivity index (χ0n) is 34.0. The molecule has 0 spiro atoms. The molecule has 1 aromatic rings. The number of benzene rings is 1. The molecule has 2 N–H and O–H groups in total. The molecule has 1 unspecified atom stereocenters. The van der Waals surface area contributed by atoms with E-state index < -0.39 is 83.2 Å². The van der Waals surface area contributed by atoms with Crippen LogP contribution in [0, 0.1) is 23.7 Å². The van der Waals surface area contributed by atoms with Gasteiger partial charge < -0.3 is 38.8 Å². The highest BCUT2D eigenvalue weighted by atomic mass is 16.7. The Morgan fingerprint density at radius 3 is 2.31 bits per heavy atom. The molecule has 4 rings (SSSR count). The topological polar surface area (TPSA) is 166 Å². The number of ketones is 1. The SMILES string of the molecule is CC[C@H]1OC(=O)[C@H](C)C(=O)[C@H](C)[C@@H](O[C@@H]2O[C@H](C)C[C@H](N(C)C)[C@H]2O)[C@@]2(C)C[C@@H](C)C(=NC(C)=O)[C@H](C)C(OCC(=NCc3ccccc3)CO2)[C@]1(C)O. The zero-order chi connectivity index (χ0) is 40.1. The molecule has 3 fully saturated rings. The number of cyclic esters (lactones) is 1. The number of ether oxygens (including phenoxy) is 5. The number of nitrogens with zero attached hydrogens (tertiary/aromatic N) is 3. The number of esters is 1. The van der Waals surface area contributed by atoms with Gasteiger partial charge in [0, 0.05) is 30.5 Å². The van der Waals surface area contributed by atoms with Crippen molar-refractivity contribution in [2.24, 2.45) is 33.7 Å². The Kier molecular flexibility index (Phi) is 14.9. The van der Waals surface area contributed by atoms with Crippen molar-refractivity contribution in [3.63, 3.8) is 0 Å². The quantitative estimate of drug-likeness (QED) is 0.316. The molecule has 0 aliphatic carbocycles. The maximum atomic E-state index is 14.4. The van der Waals surface area contributed by atoms with E-state index in [-0.39, 0.29) is 38.2 Å². The standard InChI is InChI=1S/C41H63N3O10/c1-12-32-41(9,49)37-25(4)33(43-28(7)45)23(2)19-40(8,51-22-30(21-50-37)42-20-29-16-14-13-15-17-29)36(26(5)34(46)27(6)38(48)53-32)54-39-35(47)31(44(10)11)18-24(3)52-39/h13-17,23-27,31-32,35-37,39,47,49H,12,18-22H2,1-11H3/t23-,24-,25+,26+,27-,31+,32-,35-,36-,37?,39+,40-,41-/m1/s1. The fourth-order valence-corrected chi connectivity index (χ4v) is 8.43. The van der Waals surface area contributed by atoms with Crippen LogP contribution in [0.4, 0.5) is 0 Å². The fourth-order valence-electron chi connectivity index (χ4n) is 8.43. The van der Waals surface area contributed by atoms with Crippen LogP contribution in [0.2, 0.25) is 0 Å². The van der Waals surface area contributed by atoms with Gasteiger partial charge in [0.05, 0.1) is 49.4 Å². The molecule has 54 heavy (non-hydrogen) atoms. The predicted octanol–water partition coefficient (Wildman–Crippen LogP) is 4.19. The van der Waals surface area contributed by atoms with E-state index in [1.807, 2.05) is 77.0 Å². The van der Waals surface area contributed by atoms with E-state index in [1.165, 1.54) is 13.8 Å². The largest absolute Gasteiger partial charge is 0.459 e. The van der Waals surface area contributed by atoms with Gasteiger partial charge in [-0.2, -0.15) is 0 Å². The van der Waals surface area contributed by atoms with Gasteiger partial charge in [0.25, 0.3) is 0 Å². The first kappa shape index (κ1) is 43.8. The molecule has 2 bridgehead atoms. The molecular weight excluding hydrogens is 694 g/mol. The number of aliphatic hydroxyl groups excluding tert-OH is 1. The Labute approximate surface area is 320 Å². The van der Waals surface area contributed by atoms with E-state index in [2.05, 4.69) is 4.99 Å². The van der Waals surface area contributed by atoms with E-state index in [1.54, 1.807) is 20.8 Å². The molecule has 13 atom stereocenters. The number of rotatable bonds is 6. The average molecular weight is 758 g/mol. The summed E-state index contributed by atoms with van der Waals surface area (Å²) in [4.78, 5) is 52.3. The third kappa shape index (κ3) is 10.1. The normalized spacial score (nSPS) is 40.5. The number of carbonyl (C=O) groups excluding carboxylic acids is 3. The average Bonchev–Trinajstić information content (AvgIpc) is 3.13. The Morgan fingerprint density at radius 1 is 1.04 bits per heavy atom. The highest BCUT2D eigenvalue weighted by Crippen LogP contribution is 2.40. The van der Waals surface area contributed by atoms with Crippen LogP contribution in [0.1, 0.15) is 87.1 Å². The van der Waals surface area contributed by atoms with Crippen molar-refractivity contribution in [1.82, 2.24) is 4.90 Å². The molecule has 13 nitrogen and oxygen atoms in total. The summed E-state index contributed by atoms with van der Waals surface area (Å²) in [6.45, 7) is 15.6. The maximum Gasteiger partial charge on any atom is 0.316 e. The van der Waals surface area contributed by atoms with Crippen molar-refractivity contribution in [3.8, 4) is 0 Å². The van der Waals surface area contributed by atoms with Gasteiger partial charge in [-0.1, -0.05) is 58.0 Å². The van der Waals surface area contributed by atoms with Crippen molar-refractivity contribution < 1.29 is 48.3 Å². The van der Waals surface area contributed by atoms with E-state index in [0.717, 1.165) is 5.56 Å². The second-order valence-corrected chi connectivity index (χ2v) is 16.3. The van der Waals surface area contributed by atoms with Crippen LogP contribution in [-0.2, 0) is 44.6 Å². The van der Waals surface area contributed by atoms with Crippen LogP contribution in [0.3, 0.4) is 0 Å². The van der Waals surface area contributed by atoms with Crippen molar-refractivity contribution in [2.75, 3.05) is 27.3 Å². The lowest BCUT2D eigenvalue weighted by molar-refractivity contribution is -0.296. The number of aliphatic hydroxyl groups is 2. The number of amides is 1. The van der Waals surface area contributed by atoms with Crippen LogP contribution < -0.4 is 0 Å². The molecule has 3 aliphatic heterocycles. The van der Waals surface area contributed by atoms with Crippen LogP contribution in [0.5, 0.6) is 0 Å². The number of Topliss-reactive ketones (excluding diaryl/α,β-unsaturated/α-hetero) is 1. The summed E-state index contributed by atoms with van der Waals surface area (Å²) in [7, 11) is 3.76. The molecule has 302 valence electrons. The number of likely N-dealkylation sites (N-methyl/N-ethyl adjacent to an activating group) is 1. The second kappa shape index (κ2) is 18.4. The highest BCUT2D eigenvalue weighted by molar-refractivity contribution is 6.00. The first-order chi connectivity index (χ1) is 25.3. The molecule has 3 saturated heterocycles. The van der Waals surface area contributed by atoms with Gasteiger partial charge in [0.2, 0.25) is 5.91 Å². The van der Waals surface area contributed by atoms with E-state index >= 15 is 0 Å². The lowest BCUT2D eigenvalue weighted by atomic mass is 9.73. The molecule has 1 aromatic carbocycles. The fraction of sp³-hybridized carbons (Fsp3) is 0.732. The van der Waals surface area contributed by atoms with Gasteiger partial charge >= 0.3 is 5.97 Å². The smallest absolute Gasteiger partial charge is 0.316 e. The molecular formula is C41H63N3O10. The van der Waals surface area contributed by atoms with Crippen molar-refractivity contribution >= 4 is 29.1 Å². The maximum absolute atomic E-state index is 14.4. The van der Waals surface area contributed by atoms with E-state index in [9.17, 15) is 24.6 Å². The second-order valence-electron chi connectivity index (χ2n) is 16.3. The van der Waals surface area contributed by atoms with E-state index in [0.29, 0.717) is 24.4 Å². The third-order valence-electron chi connectivity index (χ3n) is 11.4. The van der Waals surface area contributed by atoms with Crippen LogP contribution in [0.15, 0.2) is 40.3 Å². The minimum atomic E-state index is -1.79. The van der Waals surface area contributed by atoms with Crippen LogP contribution in [0.25, 0.3) is 0 Å². The van der Waals surface area contributed by atoms with Gasteiger partial charge in [0.1, 0.15) is 23.7 Å². The summed E-state index contributed by atoms with van der Waals surface area (Å²) in [6.07, 6.45) is -4.71. The first-order valence-electron chi connectivity index (χ1n) is 19.3.